The number of hydrogen-bond donors (Lipinski definition) is 0. The molecule has 0 aliphatic carbocycles. The first kappa shape index (κ1) is 15.1. The molecule has 0 radical (unpaired) electrons. The normalized spacial score (nSPS) is 14.6. The topological polar surface area (TPSA) is 29.4 Å². The highest BCUT2D eigenvalue weighted by Gasteiger charge is 2.19. The van der Waals surface area contributed by atoms with Crippen LogP contribution in [-0.2, 0) is 11.0 Å². The Hall–Kier alpha value is -0.960. The lowest BCUT2D eigenvalue weighted by Crippen LogP contribution is -2.21. The van der Waals surface area contributed by atoms with Gasteiger partial charge in [0.25, 0.3) is 0 Å². The van der Waals surface area contributed by atoms with Gasteiger partial charge in [0.15, 0.2) is 0 Å². The van der Waals surface area contributed by atoms with Crippen molar-refractivity contribution in [2.24, 2.45) is 4.40 Å². The van der Waals surface area contributed by atoms with Crippen molar-refractivity contribution in [1.82, 2.24) is 0 Å². The minimum Gasteiger partial charge on any atom is -0.234 e. The van der Waals surface area contributed by atoms with E-state index in [9.17, 15) is 4.21 Å². The van der Waals surface area contributed by atoms with Gasteiger partial charge in [0.2, 0.25) is 0 Å². The Balaban J connectivity index is 2.99. The molecule has 0 fully saturated rings. The SMILES string of the molecule is CCCC/C(=N\[S@@](=O)C(C)(C)C)c1ccccc1. The van der Waals surface area contributed by atoms with E-state index in [0.29, 0.717) is 0 Å². The van der Waals surface area contributed by atoms with Crippen LogP contribution >= 0.6 is 0 Å². The second kappa shape index (κ2) is 6.83. The van der Waals surface area contributed by atoms with E-state index in [1.54, 1.807) is 0 Å². The van der Waals surface area contributed by atoms with E-state index in [4.69, 9.17) is 0 Å². The average Bonchev–Trinajstić information content (AvgIpc) is 2.34. The summed E-state index contributed by atoms with van der Waals surface area (Å²) in [4.78, 5) is 0. The van der Waals surface area contributed by atoms with Crippen molar-refractivity contribution in [3.63, 3.8) is 0 Å². The molecule has 0 bridgehead atoms. The van der Waals surface area contributed by atoms with Crippen molar-refractivity contribution in [3.05, 3.63) is 35.9 Å². The van der Waals surface area contributed by atoms with Crippen LogP contribution in [0.1, 0.15) is 52.5 Å². The standard InChI is InChI=1S/C15H23NOS/c1-5-6-12-14(13-10-8-7-9-11-13)16-18(17)15(2,3)4/h7-11H,5-6,12H2,1-4H3/b16-14+/t18-/m0/s1. The molecule has 1 atom stereocenters. The maximum absolute atomic E-state index is 12.1. The summed E-state index contributed by atoms with van der Waals surface area (Å²) in [6.45, 7) is 8.02. The lowest BCUT2D eigenvalue weighted by atomic mass is 10.1. The fraction of sp³-hybridized carbons (Fsp3) is 0.533. The van der Waals surface area contributed by atoms with Crippen LogP contribution in [0.5, 0.6) is 0 Å². The predicted molar refractivity (Wildman–Crippen MR) is 80.4 cm³/mol. The zero-order valence-electron chi connectivity index (χ0n) is 11.8. The van der Waals surface area contributed by atoms with Crippen molar-refractivity contribution in [1.29, 1.82) is 0 Å². The number of unbranched alkanes of at least 4 members (excludes halogenated alkanes) is 1. The Bertz CT molecular complexity index is 418. The van der Waals surface area contributed by atoms with Crippen molar-refractivity contribution >= 4 is 16.7 Å². The summed E-state index contributed by atoms with van der Waals surface area (Å²) in [5.74, 6) is 0. The van der Waals surface area contributed by atoms with Crippen molar-refractivity contribution in [2.45, 2.75) is 51.7 Å². The minimum absolute atomic E-state index is 0.299. The molecule has 0 saturated carbocycles. The highest BCUT2D eigenvalue weighted by Crippen LogP contribution is 2.16. The second-order valence-electron chi connectivity index (χ2n) is 5.37. The molecule has 0 amide bonds. The first-order valence-electron chi connectivity index (χ1n) is 6.50. The molecule has 0 spiro atoms. The summed E-state index contributed by atoms with van der Waals surface area (Å²) in [5.41, 5.74) is 2.05. The van der Waals surface area contributed by atoms with Gasteiger partial charge < -0.3 is 0 Å². The summed E-state index contributed by atoms with van der Waals surface area (Å²) in [6.07, 6.45) is 3.09. The van der Waals surface area contributed by atoms with E-state index in [1.807, 2.05) is 51.1 Å². The van der Waals surface area contributed by atoms with E-state index in [-0.39, 0.29) is 4.75 Å². The van der Waals surface area contributed by atoms with Crippen LogP contribution in [0.2, 0.25) is 0 Å². The van der Waals surface area contributed by atoms with Crippen LogP contribution < -0.4 is 0 Å². The van der Waals surface area contributed by atoms with E-state index in [2.05, 4.69) is 11.3 Å². The largest absolute Gasteiger partial charge is 0.234 e. The molecule has 3 heteroatoms. The molecule has 0 aliphatic heterocycles. The summed E-state index contributed by atoms with van der Waals surface area (Å²) < 4.78 is 16.3. The maximum atomic E-state index is 12.1. The third-order valence-electron chi connectivity index (χ3n) is 2.59. The Kier molecular flexibility index (Phi) is 5.73. The lowest BCUT2D eigenvalue weighted by molar-refractivity contribution is 0.650. The molecule has 1 aromatic carbocycles. The first-order valence-corrected chi connectivity index (χ1v) is 7.61. The van der Waals surface area contributed by atoms with Crippen LogP contribution in [0.4, 0.5) is 0 Å². The Morgan fingerprint density at radius 3 is 2.33 bits per heavy atom. The van der Waals surface area contributed by atoms with E-state index < -0.39 is 11.0 Å². The molecule has 0 unspecified atom stereocenters. The molecule has 0 aromatic heterocycles. The third-order valence-corrected chi connectivity index (χ3v) is 4.03. The molecular weight excluding hydrogens is 242 g/mol. The average molecular weight is 265 g/mol. The molecule has 18 heavy (non-hydrogen) atoms. The number of benzene rings is 1. The zero-order valence-corrected chi connectivity index (χ0v) is 12.6. The van der Waals surface area contributed by atoms with Gasteiger partial charge in [-0.2, -0.15) is 4.40 Å². The predicted octanol–water partition coefficient (Wildman–Crippen LogP) is 4.13. The summed E-state index contributed by atoms with van der Waals surface area (Å²) >= 11 is 0. The Labute approximate surface area is 113 Å². The fourth-order valence-corrected chi connectivity index (χ4v) is 2.13. The van der Waals surface area contributed by atoms with Gasteiger partial charge >= 0.3 is 0 Å². The highest BCUT2D eigenvalue weighted by molar-refractivity contribution is 7.85. The van der Waals surface area contributed by atoms with Gasteiger partial charge in [0.1, 0.15) is 11.0 Å². The fourth-order valence-electron chi connectivity index (χ4n) is 1.45. The van der Waals surface area contributed by atoms with Gasteiger partial charge in [0.05, 0.1) is 10.5 Å². The molecule has 2 nitrogen and oxygen atoms in total. The number of hydrogen-bond acceptors (Lipinski definition) is 1. The summed E-state index contributed by atoms with van der Waals surface area (Å²) in [6, 6.07) is 10.1. The third kappa shape index (κ3) is 4.73. The van der Waals surface area contributed by atoms with Gasteiger partial charge in [-0.3, -0.25) is 0 Å². The Morgan fingerprint density at radius 2 is 1.83 bits per heavy atom. The first-order chi connectivity index (χ1) is 8.45. The summed E-state index contributed by atoms with van der Waals surface area (Å²) in [5, 5.41) is 0. The van der Waals surface area contributed by atoms with Crippen LogP contribution in [0.15, 0.2) is 34.7 Å². The lowest BCUT2D eigenvalue weighted by Gasteiger charge is -2.15. The molecule has 0 aliphatic rings. The smallest absolute Gasteiger partial charge is 0.145 e. The molecule has 100 valence electrons. The van der Waals surface area contributed by atoms with Crippen molar-refractivity contribution in [3.8, 4) is 0 Å². The van der Waals surface area contributed by atoms with Crippen molar-refractivity contribution < 1.29 is 4.21 Å². The van der Waals surface area contributed by atoms with E-state index in [0.717, 1.165) is 30.5 Å². The number of nitrogens with zero attached hydrogens (tertiary/aromatic N) is 1. The minimum atomic E-state index is -1.18. The van der Waals surface area contributed by atoms with Gasteiger partial charge in [-0.1, -0.05) is 43.7 Å². The van der Waals surface area contributed by atoms with Gasteiger partial charge in [-0.05, 0) is 39.2 Å². The van der Waals surface area contributed by atoms with Crippen LogP contribution in [0.3, 0.4) is 0 Å². The molecule has 1 aromatic rings. The van der Waals surface area contributed by atoms with E-state index >= 15 is 0 Å². The van der Waals surface area contributed by atoms with Crippen LogP contribution in [0, 0.1) is 0 Å². The molecule has 0 N–H and O–H groups in total. The molecular formula is C15H23NOS. The van der Waals surface area contributed by atoms with E-state index in [1.165, 1.54) is 0 Å². The van der Waals surface area contributed by atoms with Crippen LogP contribution in [0.25, 0.3) is 0 Å². The van der Waals surface area contributed by atoms with Gasteiger partial charge in [-0.15, -0.1) is 0 Å². The molecule has 0 saturated heterocycles. The zero-order chi connectivity index (χ0) is 13.6. The number of rotatable bonds is 5. The maximum Gasteiger partial charge on any atom is 0.145 e. The highest BCUT2D eigenvalue weighted by atomic mass is 32.2. The summed E-state index contributed by atoms with van der Waals surface area (Å²) in [7, 11) is -1.18. The quantitative estimate of drug-likeness (QED) is 0.736. The molecule has 0 heterocycles. The molecule has 1 rings (SSSR count). The second-order valence-corrected chi connectivity index (χ2v) is 7.27. The van der Waals surface area contributed by atoms with Crippen LogP contribution in [-0.4, -0.2) is 14.7 Å². The Morgan fingerprint density at radius 1 is 1.22 bits per heavy atom. The van der Waals surface area contributed by atoms with Crippen molar-refractivity contribution in [2.75, 3.05) is 0 Å². The monoisotopic (exact) mass is 265 g/mol. The van der Waals surface area contributed by atoms with Gasteiger partial charge in [-0.25, -0.2) is 4.21 Å². The van der Waals surface area contributed by atoms with Gasteiger partial charge in [0, 0.05) is 0 Å².